The lowest BCUT2D eigenvalue weighted by Crippen LogP contribution is -2.62. The zero-order valence-electron chi connectivity index (χ0n) is 59.2. The highest BCUT2D eigenvalue weighted by atomic mass is 16.4. The number of hydrogen-bond acceptors (Lipinski definition) is 18. The van der Waals surface area contributed by atoms with Gasteiger partial charge in [0.2, 0.25) is 70.9 Å². The molecule has 35 nitrogen and oxygen atoms in total. The van der Waals surface area contributed by atoms with Crippen LogP contribution < -0.4 is 92.5 Å². The van der Waals surface area contributed by atoms with E-state index >= 15 is 0 Å². The van der Waals surface area contributed by atoms with E-state index in [1.165, 1.54) is 0 Å². The smallest absolute Gasteiger partial charge is 0.305 e. The number of nitrogens with one attached hydrogen (secondary N) is 12. The molecule has 11 atom stereocenters. The Labute approximate surface area is 590 Å². The Balaban J connectivity index is 2.84. The minimum absolute atomic E-state index is 0.00971. The Morgan fingerprint density at radius 1 is 0.535 bits per heavy atom. The highest BCUT2D eigenvalue weighted by molar-refractivity contribution is 6.00. The number of rotatable bonds is 28. The summed E-state index contributed by atoms with van der Waals surface area (Å²) in [6.45, 7) is 9.86. The zero-order chi connectivity index (χ0) is 75.6. The van der Waals surface area contributed by atoms with Gasteiger partial charge in [0.15, 0.2) is 11.9 Å². The van der Waals surface area contributed by atoms with Gasteiger partial charge < -0.3 is 108 Å². The summed E-state index contributed by atoms with van der Waals surface area (Å²) < 4.78 is 0. The third-order valence-electron chi connectivity index (χ3n) is 16.0. The van der Waals surface area contributed by atoms with E-state index in [-0.39, 0.29) is 108 Å². The number of nitrogens with two attached hydrogens (primary N) is 5. The number of aliphatic carboxylic acids is 1. The summed E-state index contributed by atoms with van der Waals surface area (Å²) in [7, 11) is 0. The molecular weight excluding hydrogens is 1310 g/mol. The van der Waals surface area contributed by atoms with Gasteiger partial charge in [-0.3, -0.25) is 72.3 Å². The van der Waals surface area contributed by atoms with Crippen LogP contribution >= 0.6 is 0 Å². The van der Waals surface area contributed by atoms with Gasteiger partial charge in [0, 0.05) is 45.4 Å². The fourth-order valence-electron chi connectivity index (χ4n) is 10.5. The fraction of sp³-hybridized carbons (Fsp3) is 0.682. The number of benzene rings is 1. The molecule has 2 rings (SSSR count). The summed E-state index contributed by atoms with van der Waals surface area (Å²) in [4.78, 5) is 189. The number of amides is 12. The van der Waals surface area contributed by atoms with E-state index in [1.54, 1.807) is 58.0 Å². The first-order chi connectivity index (χ1) is 47.9. The van der Waals surface area contributed by atoms with Gasteiger partial charge in [0.1, 0.15) is 60.4 Å². The highest BCUT2D eigenvalue weighted by Crippen LogP contribution is 2.14. The third-order valence-corrected chi connectivity index (χ3v) is 16.0. The third kappa shape index (κ3) is 36.6. The van der Waals surface area contributed by atoms with Crippen molar-refractivity contribution in [2.45, 2.75) is 236 Å². The van der Waals surface area contributed by atoms with E-state index in [4.69, 9.17) is 28.7 Å². The molecule has 35 heteroatoms. The minimum atomic E-state index is -1.94. The predicted molar refractivity (Wildman–Crippen MR) is 375 cm³/mol. The molecule has 0 saturated carbocycles. The molecule has 1 aliphatic heterocycles. The van der Waals surface area contributed by atoms with Gasteiger partial charge in [-0.15, -0.1) is 0 Å². The number of carbonyl (C=O) groups is 13. The van der Waals surface area contributed by atoms with Crippen molar-refractivity contribution in [1.82, 2.24) is 63.8 Å². The normalized spacial score (nSPS) is 23.6. The molecule has 1 saturated heterocycles. The van der Waals surface area contributed by atoms with Crippen LogP contribution in [-0.4, -0.2) is 210 Å². The number of primary amides is 1. The molecule has 1 fully saturated rings. The molecule has 1 aromatic carbocycles. The maximum absolute atomic E-state index is 14.7. The van der Waals surface area contributed by atoms with E-state index in [2.05, 4.69) is 73.8 Å². The monoisotopic (exact) mass is 1430 g/mol. The van der Waals surface area contributed by atoms with Crippen molar-refractivity contribution in [2.24, 2.45) is 50.5 Å². The summed E-state index contributed by atoms with van der Waals surface area (Å²) >= 11 is 0. The van der Waals surface area contributed by atoms with E-state index in [0.717, 1.165) is 19.8 Å². The summed E-state index contributed by atoms with van der Waals surface area (Å²) in [5.41, 5.74) is 29.0. The first kappa shape index (κ1) is 87.8. The molecule has 0 radical (unpaired) electrons. The van der Waals surface area contributed by atoms with Crippen LogP contribution in [0.1, 0.15) is 169 Å². The summed E-state index contributed by atoms with van der Waals surface area (Å²) in [6, 6.07) is -7.57. The molecule has 1 aliphatic rings. The van der Waals surface area contributed by atoms with Crippen LogP contribution in [0.15, 0.2) is 40.3 Å². The van der Waals surface area contributed by atoms with Crippen molar-refractivity contribution in [1.29, 1.82) is 0 Å². The van der Waals surface area contributed by atoms with Crippen LogP contribution in [0, 0.1) is 11.8 Å². The van der Waals surface area contributed by atoms with Crippen molar-refractivity contribution in [3.8, 4) is 0 Å². The Morgan fingerprint density at radius 3 is 1.52 bits per heavy atom. The van der Waals surface area contributed by atoms with Crippen LogP contribution in [0.2, 0.25) is 0 Å². The second kappa shape index (κ2) is 48.5. The maximum atomic E-state index is 14.7. The van der Waals surface area contributed by atoms with Crippen LogP contribution in [-0.2, 0) is 68.7 Å². The Bertz CT molecular complexity index is 2900. The number of aliphatic hydroxyl groups is 2. The van der Waals surface area contributed by atoms with E-state index in [9.17, 15) is 77.6 Å². The topological polar surface area (TPSA) is 582 Å². The Morgan fingerprint density at radius 2 is 1.00 bits per heavy atom. The number of guanidine groups is 2. The summed E-state index contributed by atoms with van der Waals surface area (Å²) in [5, 5.41) is 62.8. The second-order valence-electron chi connectivity index (χ2n) is 25.9. The molecule has 101 heavy (non-hydrogen) atoms. The lowest BCUT2D eigenvalue weighted by molar-refractivity contribution is -0.141. The van der Waals surface area contributed by atoms with Crippen LogP contribution in [0.4, 0.5) is 0 Å². The summed E-state index contributed by atoms with van der Waals surface area (Å²) in [6.07, 6.45) is 0.347. The number of carbonyl (C=O) groups excluding carboxylic acids is 12. The van der Waals surface area contributed by atoms with Gasteiger partial charge in [-0.25, -0.2) is 0 Å². The standard InChI is InChI=1S/C66H113N19O16/c1-7-8-29-74-66(71)75-32-19-24-44-56(93)78-43(23-18-31-73-65(69)70)57(94)80-46(33-38(2)3)59(96)77-42(22-15-16-28-67)55(92)72-30-17-10-9-14-25-52(89)76-45(26-27-51(68)88)58(95)82-48(35-41-20-12-11-13-21-41)61(98)83-49(36-53(90)91)62(99)81-47(34-39(4)5)60(97)84-50(37-86)63(100)85-54(40(6)87)64(101)79-44/h11-13,20-21,38-40,42-50,54,86-87H,7-10,14-19,22-37,67H2,1-6H3,(H2,68,88)(H,72,92)(H,76,89)(H,77,96)(H,78,93)(H,79,101)(H,80,94)(H,81,99)(H,82,95)(H,83,98)(H,84,97)(H,85,100)(H,90,91)(H4,69,70,73)(H3,71,74,75). The first-order valence-corrected chi connectivity index (χ1v) is 34.8. The largest absolute Gasteiger partial charge is 0.481 e. The molecular formula is C66H113N19O16. The van der Waals surface area contributed by atoms with Crippen molar-refractivity contribution >= 4 is 88.8 Å². The molecule has 1 aromatic rings. The second-order valence-corrected chi connectivity index (χ2v) is 25.9. The zero-order valence-corrected chi connectivity index (χ0v) is 59.2. The summed E-state index contributed by atoms with van der Waals surface area (Å²) in [5.74, 6) is -13.6. The lowest BCUT2D eigenvalue weighted by atomic mass is 10.0. The number of carboxylic acid groups (broad SMARTS) is 1. The number of unbranched alkanes of at least 4 members (excludes halogenated alkanes) is 2. The molecule has 1 heterocycles. The molecule has 0 spiro atoms. The Hall–Kier alpha value is -9.25. The van der Waals surface area contributed by atoms with Gasteiger partial charge in [-0.1, -0.05) is 84.2 Å². The molecule has 0 aromatic heterocycles. The number of hydrogen-bond donors (Lipinski definition) is 20. The van der Waals surface area contributed by atoms with Gasteiger partial charge in [0.05, 0.1) is 19.1 Å². The van der Waals surface area contributed by atoms with Crippen molar-refractivity contribution in [3.63, 3.8) is 0 Å². The van der Waals surface area contributed by atoms with E-state index in [0.29, 0.717) is 57.2 Å². The average molecular weight is 1430 g/mol. The van der Waals surface area contributed by atoms with Crippen molar-refractivity contribution < 1.29 is 77.6 Å². The minimum Gasteiger partial charge on any atom is -0.481 e. The SMILES string of the molecule is CCCCNC(N)=NCCCC1NC(=O)C(C(C)O)NC(=O)C(CO)NC(=O)C(CC(C)C)NC(=O)C(CC(=O)O)NC(=O)C(Cc2ccccc2)NC(=O)C(CCC(N)=O)NC(=O)CCCCCCNC(=O)C(CCCCN)NC(=O)C(CC(C)C)NC(=O)C(CCCN=C(N)N)NC1=O. The molecule has 11 unspecified atom stereocenters. The number of aliphatic imine (C=N–C) groups is 2. The number of aliphatic hydroxyl groups excluding tert-OH is 2. The lowest BCUT2D eigenvalue weighted by Gasteiger charge is -2.29. The van der Waals surface area contributed by atoms with E-state index < -0.39 is 162 Å². The maximum Gasteiger partial charge on any atom is 0.305 e. The predicted octanol–water partition coefficient (Wildman–Crippen LogP) is -3.97. The van der Waals surface area contributed by atoms with Gasteiger partial charge in [-0.2, -0.15) is 0 Å². The Kier molecular flexibility index (Phi) is 42.2. The highest BCUT2D eigenvalue weighted by Gasteiger charge is 2.38. The number of nitrogens with zero attached hydrogens (tertiary/aromatic N) is 2. The van der Waals surface area contributed by atoms with Gasteiger partial charge in [-0.05, 0) is 114 Å². The van der Waals surface area contributed by atoms with Crippen LogP contribution in [0.25, 0.3) is 0 Å². The average Bonchev–Trinajstić information content (AvgIpc) is 0.868. The quantitative estimate of drug-likeness (QED) is 0.0216. The molecule has 568 valence electrons. The van der Waals surface area contributed by atoms with E-state index in [1.807, 2.05) is 6.92 Å². The van der Waals surface area contributed by atoms with Crippen molar-refractivity contribution in [2.75, 3.05) is 39.3 Å². The van der Waals surface area contributed by atoms with Crippen molar-refractivity contribution in [3.05, 3.63) is 35.9 Å². The van der Waals surface area contributed by atoms with Crippen LogP contribution in [0.3, 0.4) is 0 Å². The van der Waals surface area contributed by atoms with Gasteiger partial charge >= 0.3 is 5.97 Å². The fourth-order valence-corrected chi connectivity index (χ4v) is 10.5. The molecule has 0 bridgehead atoms. The van der Waals surface area contributed by atoms with Crippen LogP contribution in [0.5, 0.6) is 0 Å². The number of carboxylic acids is 1. The molecule has 25 N–H and O–H groups in total. The first-order valence-electron chi connectivity index (χ1n) is 34.8. The molecule has 0 aliphatic carbocycles. The van der Waals surface area contributed by atoms with Gasteiger partial charge in [0.25, 0.3) is 0 Å². The molecule has 12 amide bonds.